The lowest BCUT2D eigenvalue weighted by molar-refractivity contribution is 0.314. The van der Waals surface area contributed by atoms with Crippen LogP contribution >= 0.6 is 22.9 Å². The third kappa shape index (κ3) is 4.08. The second kappa shape index (κ2) is 5.07. The highest BCUT2D eigenvalue weighted by Gasteiger charge is 2.25. The molecule has 0 bridgehead atoms. The van der Waals surface area contributed by atoms with Gasteiger partial charge in [-0.2, -0.15) is 0 Å². The molecule has 16 heavy (non-hydrogen) atoms. The van der Waals surface area contributed by atoms with Gasteiger partial charge in [0, 0.05) is 17.5 Å². The highest BCUT2D eigenvalue weighted by Crippen LogP contribution is 2.28. The van der Waals surface area contributed by atoms with Crippen molar-refractivity contribution in [1.29, 1.82) is 0 Å². The van der Waals surface area contributed by atoms with Crippen LogP contribution in [0.1, 0.15) is 38.0 Å². The number of nitrogens with one attached hydrogen (secondary N) is 1. The van der Waals surface area contributed by atoms with E-state index in [2.05, 4.69) is 25.2 Å². The molecule has 1 N–H and O–H groups in total. The summed E-state index contributed by atoms with van der Waals surface area (Å²) in [5.74, 6) is 0. The molecule has 2 rings (SSSR count). The van der Waals surface area contributed by atoms with Gasteiger partial charge in [-0.05, 0) is 43.2 Å². The highest BCUT2D eigenvalue weighted by atomic mass is 35.5. The molecule has 0 aliphatic heterocycles. The Labute approximate surface area is 107 Å². The first-order valence-electron chi connectivity index (χ1n) is 6.03. The molecule has 1 aromatic rings. The average molecular weight is 258 g/mol. The van der Waals surface area contributed by atoms with E-state index in [1.807, 2.05) is 6.07 Å². The Kier molecular flexibility index (Phi) is 3.93. The Morgan fingerprint density at radius 2 is 2.19 bits per heavy atom. The molecule has 0 amide bonds. The third-order valence-corrected chi connectivity index (χ3v) is 4.41. The third-order valence-electron chi connectivity index (χ3n) is 3.12. The Morgan fingerprint density at radius 1 is 1.44 bits per heavy atom. The van der Waals surface area contributed by atoms with Gasteiger partial charge >= 0.3 is 0 Å². The highest BCUT2D eigenvalue weighted by molar-refractivity contribution is 7.16. The Bertz CT molecular complexity index is 341. The van der Waals surface area contributed by atoms with Gasteiger partial charge in [0.15, 0.2) is 0 Å². The molecule has 1 fully saturated rings. The van der Waals surface area contributed by atoms with Crippen LogP contribution in [-0.2, 0) is 6.42 Å². The van der Waals surface area contributed by atoms with Crippen LogP contribution in [0.2, 0.25) is 4.34 Å². The van der Waals surface area contributed by atoms with E-state index in [1.54, 1.807) is 11.3 Å². The molecule has 0 unspecified atom stereocenters. The number of halogens is 1. The van der Waals surface area contributed by atoms with Crippen molar-refractivity contribution < 1.29 is 0 Å². The van der Waals surface area contributed by atoms with Crippen molar-refractivity contribution in [3.63, 3.8) is 0 Å². The molecular formula is C13H20ClNS. The van der Waals surface area contributed by atoms with Gasteiger partial charge in [0.1, 0.15) is 0 Å². The molecule has 1 aliphatic carbocycles. The fourth-order valence-electron chi connectivity index (χ4n) is 1.74. The van der Waals surface area contributed by atoms with E-state index in [4.69, 9.17) is 11.6 Å². The van der Waals surface area contributed by atoms with Gasteiger partial charge in [-0.15, -0.1) is 11.3 Å². The molecule has 0 aromatic carbocycles. The van der Waals surface area contributed by atoms with Crippen LogP contribution in [-0.4, -0.2) is 12.6 Å². The number of hydrogen-bond donors (Lipinski definition) is 1. The van der Waals surface area contributed by atoms with Gasteiger partial charge in [0.05, 0.1) is 4.34 Å². The molecule has 1 aromatic heterocycles. The monoisotopic (exact) mass is 257 g/mol. The summed E-state index contributed by atoms with van der Waals surface area (Å²) in [6.45, 7) is 5.83. The first kappa shape index (κ1) is 12.4. The van der Waals surface area contributed by atoms with Crippen molar-refractivity contribution in [2.24, 2.45) is 5.41 Å². The van der Waals surface area contributed by atoms with Gasteiger partial charge in [-0.1, -0.05) is 25.4 Å². The first-order valence-corrected chi connectivity index (χ1v) is 7.22. The molecule has 1 nitrogen and oxygen atoms in total. The van der Waals surface area contributed by atoms with Crippen LogP contribution in [0.3, 0.4) is 0 Å². The van der Waals surface area contributed by atoms with E-state index >= 15 is 0 Å². The summed E-state index contributed by atoms with van der Waals surface area (Å²) in [7, 11) is 0. The zero-order valence-electron chi connectivity index (χ0n) is 10.1. The van der Waals surface area contributed by atoms with E-state index < -0.39 is 0 Å². The van der Waals surface area contributed by atoms with Gasteiger partial charge in [0.25, 0.3) is 0 Å². The van der Waals surface area contributed by atoms with Crippen molar-refractivity contribution in [1.82, 2.24) is 5.32 Å². The number of aryl methyl sites for hydroxylation is 1. The molecule has 1 aliphatic rings. The van der Waals surface area contributed by atoms with Crippen molar-refractivity contribution in [2.45, 2.75) is 45.6 Å². The van der Waals surface area contributed by atoms with E-state index in [0.29, 0.717) is 5.41 Å². The lowest BCUT2D eigenvalue weighted by atomic mass is 9.87. The summed E-state index contributed by atoms with van der Waals surface area (Å²) in [4.78, 5) is 1.41. The summed E-state index contributed by atoms with van der Waals surface area (Å²) in [6.07, 6.45) is 5.12. The van der Waals surface area contributed by atoms with Gasteiger partial charge in [0.2, 0.25) is 0 Å². The maximum atomic E-state index is 5.93. The molecule has 0 saturated heterocycles. The van der Waals surface area contributed by atoms with E-state index in [1.165, 1.54) is 24.1 Å². The van der Waals surface area contributed by atoms with Crippen molar-refractivity contribution in [3.8, 4) is 0 Å². The fraction of sp³-hybridized carbons (Fsp3) is 0.692. The average Bonchev–Trinajstić information content (AvgIpc) is 2.96. The number of hydrogen-bond acceptors (Lipinski definition) is 2. The number of thiophene rings is 1. The van der Waals surface area contributed by atoms with Crippen LogP contribution in [0, 0.1) is 5.41 Å². The first-order chi connectivity index (χ1) is 7.55. The van der Waals surface area contributed by atoms with Crippen LogP contribution in [0.25, 0.3) is 0 Å². The zero-order chi connectivity index (χ0) is 11.6. The lowest BCUT2D eigenvalue weighted by Crippen LogP contribution is -2.31. The minimum Gasteiger partial charge on any atom is -0.313 e. The van der Waals surface area contributed by atoms with Crippen molar-refractivity contribution in [2.75, 3.05) is 6.54 Å². The largest absolute Gasteiger partial charge is 0.313 e. The Balaban J connectivity index is 1.74. The zero-order valence-corrected chi connectivity index (χ0v) is 11.6. The topological polar surface area (TPSA) is 12.0 Å². The molecule has 3 heteroatoms. The minimum absolute atomic E-state index is 0.388. The normalized spacial score (nSPS) is 16.7. The molecule has 1 heterocycles. The molecule has 90 valence electrons. The maximum Gasteiger partial charge on any atom is 0.0931 e. The standard InChI is InChI=1S/C13H20ClNS/c1-13(2,9-15-10-3-4-10)8-7-11-5-6-12(14)16-11/h5-6,10,15H,3-4,7-9H2,1-2H3. The van der Waals surface area contributed by atoms with Gasteiger partial charge < -0.3 is 5.32 Å². The van der Waals surface area contributed by atoms with Gasteiger partial charge in [-0.3, -0.25) is 0 Å². The van der Waals surface area contributed by atoms with Crippen molar-refractivity contribution >= 4 is 22.9 Å². The van der Waals surface area contributed by atoms with Crippen LogP contribution in [0.4, 0.5) is 0 Å². The van der Waals surface area contributed by atoms with E-state index in [-0.39, 0.29) is 0 Å². The predicted octanol–water partition coefficient (Wildman–Crippen LogP) is 4.11. The molecule has 1 saturated carbocycles. The number of rotatable bonds is 6. The smallest absolute Gasteiger partial charge is 0.0931 e. The second-order valence-corrected chi connectivity index (χ2v) is 7.32. The maximum absolute atomic E-state index is 5.93. The van der Waals surface area contributed by atoms with Crippen LogP contribution in [0.15, 0.2) is 12.1 Å². The van der Waals surface area contributed by atoms with Gasteiger partial charge in [-0.25, -0.2) is 0 Å². The molecule has 0 spiro atoms. The molecule has 0 atom stereocenters. The second-order valence-electron chi connectivity index (χ2n) is 5.53. The SMILES string of the molecule is CC(C)(CCc1ccc(Cl)s1)CNC1CC1. The summed E-state index contributed by atoms with van der Waals surface area (Å²) >= 11 is 7.64. The Morgan fingerprint density at radius 3 is 2.75 bits per heavy atom. The van der Waals surface area contributed by atoms with Crippen LogP contribution < -0.4 is 5.32 Å². The summed E-state index contributed by atoms with van der Waals surface area (Å²) < 4.78 is 0.906. The fourth-order valence-corrected chi connectivity index (χ4v) is 2.83. The molecule has 0 radical (unpaired) electrons. The Hall–Kier alpha value is -0.0500. The van der Waals surface area contributed by atoms with E-state index in [9.17, 15) is 0 Å². The summed E-state index contributed by atoms with van der Waals surface area (Å²) in [6, 6.07) is 4.96. The quantitative estimate of drug-likeness (QED) is 0.809. The lowest BCUT2D eigenvalue weighted by Gasteiger charge is -2.24. The van der Waals surface area contributed by atoms with Crippen LogP contribution in [0.5, 0.6) is 0 Å². The summed E-state index contributed by atoms with van der Waals surface area (Å²) in [5.41, 5.74) is 0.388. The summed E-state index contributed by atoms with van der Waals surface area (Å²) in [5, 5.41) is 3.62. The minimum atomic E-state index is 0.388. The molecular weight excluding hydrogens is 238 g/mol. The van der Waals surface area contributed by atoms with Crippen molar-refractivity contribution in [3.05, 3.63) is 21.3 Å². The predicted molar refractivity (Wildman–Crippen MR) is 72.5 cm³/mol. The van der Waals surface area contributed by atoms with E-state index in [0.717, 1.165) is 23.3 Å².